The molecule has 0 saturated heterocycles. The zero-order valence-corrected chi connectivity index (χ0v) is 13.0. The fourth-order valence-corrected chi connectivity index (χ4v) is 2.55. The number of benzene rings is 1. The van der Waals surface area contributed by atoms with Crippen molar-refractivity contribution in [3.63, 3.8) is 0 Å². The van der Waals surface area contributed by atoms with Crippen LogP contribution in [0.15, 0.2) is 42.6 Å². The van der Waals surface area contributed by atoms with Gasteiger partial charge in [0.15, 0.2) is 0 Å². The first kappa shape index (κ1) is 15.0. The molecule has 1 aliphatic rings. The molecule has 1 amide bonds. The van der Waals surface area contributed by atoms with Crippen LogP contribution in [-0.2, 0) is 13.1 Å². The van der Waals surface area contributed by atoms with Crippen molar-refractivity contribution < 1.29 is 4.79 Å². The Morgan fingerprint density at radius 2 is 2.00 bits per heavy atom. The second kappa shape index (κ2) is 6.46. The van der Waals surface area contributed by atoms with Gasteiger partial charge in [-0.2, -0.15) is 0 Å². The zero-order valence-electron chi connectivity index (χ0n) is 12.2. The van der Waals surface area contributed by atoms with E-state index < -0.39 is 0 Å². The summed E-state index contributed by atoms with van der Waals surface area (Å²) in [6.07, 6.45) is 3.77. The molecule has 1 aromatic heterocycles. The summed E-state index contributed by atoms with van der Waals surface area (Å²) in [5, 5.41) is 0.703. The van der Waals surface area contributed by atoms with Gasteiger partial charge in [0, 0.05) is 35.9 Å². The first-order valence-electron chi connectivity index (χ1n) is 7.38. The first-order chi connectivity index (χ1) is 10.7. The average Bonchev–Trinajstić information content (AvgIpc) is 3.38. The molecule has 114 valence electrons. The number of pyridine rings is 1. The monoisotopic (exact) mass is 315 g/mol. The molecule has 22 heavy (non-hydrogen) atoms. The standard InChI is InChI=1S/C17H18ClN3O/c18-14-3-1-12(2-4-14)11-21(16-5-6-16)17(22)13-7-8-20-15(9-13)10-19/h1-4,7-9,16H,5-6,10-11,19H2. The molecule has 0 bridgehead atoms. The van der Waals surface area contributed by atoms with E-state index in [4.69, 9.17) is 17.3 Å². The van der Waals surface area contributed by atoms with Gasteiger partial charge in [-0.15, -0.1) is 0 Å². The SMILES string of the molecule is NCc1cc(C(=O)N(Cc2ccc(Cl)cc2)C2CC2)ccn1. The van der Waals surface area contributed by atoms with Crippen LogP contribution in [0.5, 0.6) is 0 Å². The second-order valence-corrected chi connectivity index (χ2v) is 5.97. The highest BCUT2D eigenvalue weighted by atomic mass is 35.5. The van der Waals surface area contributed by atoms with E-state index in [1.807, 2.05) is 29.2 Å². The van der Waals surface area contributed by atoms with Gasteiger partial charge in [-0.1, -0.05) is 23.7 Å². The molecule has 0 spiro atoms. The van der Waals surface area contributed by atoms with Crippen molar-refractivity contribution in [1.82, 2.24) is 9.88 Å². The molecule has 0 unspecified atom stereocenters. The van der Waals surface area contributed by atoms with Gasteiger partial charge >= 0.3 is 0 Å². The summed E-state index contributed by atoms with van der Waals surface area (Å²) in [5.74, 6) is 0.0366. The molecular weight excluding hydrogens is 298 g/mol. The van der Waals surface area contributed by atoms with Gasteiger partial charge in [-0.05, 0) is 42.7 Å². The molecule has 0 radical (unpaired) electrons. The molecule has 2 N–H and O–H groups in total. The maximum absolute atomic E-state index is 12.8. The van der Waals surface area contributed by atoms with Gasteiger partial charge in [0.05, 0.1) is 5.69 Å². The van der Waals surface area contributed by atoms with Crippen LogP contribution in [0.3, 0.4) is 0 Å². The lowest BCUT2D eigenvalue weighted by Gasteiger charge is -2.23. The number of rotatable bonds is 5. The highest BCUT2D eigenvalue weighted by Gasteiger charge is 2.33. The average molecular weight is 316 g/mol. The summed E-state index contributed by atoms with van der Waals surface area (Å²) < 4.78 is 0. The Labute approximate surface area is 134 Å². The van der Waals surface area contributed by atoms with Crippen LogP contribution < -0.4 is 5.73 Å². The van der Waals surface area contributed by atoms with Gasteiger partial charge in [0.1, 0.15) is 0 Å². The highest BCUT2D eigenvalue weighted by Crippen LogP contribution is 2.30. The van der Waals surface area contributed by atoms with Gasteiger partial charge < -0.3 is 10.6 Å². The van der Waals surface area contributed by atoms with E-state index in [0.29, 0.717) is 29.7 Å². The van der Waals surface area contributed by atoms with Crippen LogP contribution in [-0.4, -0.2) is 21.8 Å². The van der Waals surface area contributed by atoms with Crippen LogP contribution in [0.4, 0.5) is 0 Å². The van der Waals surface area contributed by atoms with Crippen LogP contribution in [0, 0.1) is 0 Å². The van der Waals surface area contributed by atoms with Crippen molar-refractivity contribution >= 4 is 17.5 Å². The summed E-state index contributed by atoms with van der Waals surface area (Å²) in [5.41, 5.74) is 8.07. The van der Waals surface area contributed by atoms with Crippen LogP contribution >= 0.6 is 11.6 Å². The number of carbonyl (C=O) groups is 1. The Bertz CT molecular complexity index is 668. The van der Waals surface area contributed by atoms with Gasteiger partial charge in [-0.3, -0.25) is 9.78 Å². The van der Waals surface area contributed by atoms with Crippen molar-refractivity contribution in [3.05, 3.63) is 64.4 Å². The van der Waals surface area contributed by atoms with E-state index in [-0.39, 0.29) is 5.91 Å². The van der Waals surface area contributed by atoms with Crippen LogP contribution in [0.1, 0.15) is 34.5 Å². The van der Waals surface area contributed by atoms with Crippen molar-refractivity contribution in [2.24, 2.45) is 5.73 Å². The fraction of sp³-hybridized carbons (Fsp3) is 0.294. The predicted octanol–water partition coefficient (Wildman–Crippen LogP) is 3.00. The lowest BCUT2D eigenvalue weighted by molar-refractivity contribution is 0.0729. The molecule has 1 heterocycles. The minimum atomic E-state index is 0.0366. The Hall–Kier alpha value is -1.91. The third-order valence-corrected chi connectivity index (χ3v) is 4.04. The third-order valence-electron chi connectivity index (χ3n) is 3.79. The van der Waals surface area contributed by atoms with Crippen molar-refractivity contribution in [3.8, 4) is 0 Å². The first-order valence-corrected chi connectivity index (χ1v) is 7.75. The summed E-state index contributed by atoms with van der Waals surface area (Å²) in [6, 6.07) is 11.5. The van der Waals surface area contributed by atoms with E-state index in [0.717, 1.165) is 24.1 Å². The summed E-state index contributed by atoms with van der Waals surface area (Å²) in [6.45, 7) is 0.933. The van der Waals surface area contributed by atoms with Crippen molar-refractivity contribution in [2.75, 3.05) is 0 Å². The predicted molar refractivity (Wildman–Crippen MR) is 86.5 cm³/mol. The molecule has 1 aromatic carbocycles. The maximum atomic E-state index is 12.8. The van der Waals surface area contributed by atoms with E-state index in [1.165, 1.54) is 0 Å². The second-order valence-electron chi connectivity index (χ2n) is 5.53. The molecule has 2 aromatic rings. The molecule has 5 heteroatoms. The minimum absolute atomic E-state index is 0.0366. The van der Waals surface area contributed by atoms with Crippen molar-refractivity contribution in [2.45, 2.75) is 32.0 Å². The van der Waals surface area contributed by atoms with Crippen molar-refractivity contribution in [1.29, 1.82) is 0 Å². The number of halogens is 1. The lowest BCUT2D eigenvalue weighted by Crippen LogP contribution is -2.32. The maximum Gasteiger partial charge on any atom is 0.254 e. The summed E-state index contributed by atoms with van der Waals surface area (Å²) in [4.78, 5) is 18.9. The zero-order chi connectivity index (χ0) is 15.5. The summed E-state index contributed by atoms with van der Waals surface area (Å²) >= 11 is 5.92. The largest absolute Gasteiger partial charge is 0.331 e. The van der Waals surface area contributed by atoms with E-state index in [9.17, 15) is 4.79 Å². The molecule has 1 aliphatic carbocycles. The Balaban J connectivity index is 1.81. The Morgan fingerprint density at radius 3 is 2.64 bits per heavy atom. The number of hydrogen-bond donors (Lipinski definition) is 1. The van der Waals surface area contributed by atoms with Gasteiger partial charge in [0.2, 0.25) is 0 Å². The smallest absolute Gasteiger partial charge is 0.254 e. The topological polar surface area (TPSA) is 59.2 Å². The quantitative estimate of drug-likeness (QED) is 0.922. The normalized spacial score (nSPS) is 13.9. The number of nitrogens with zero attached hydrogens (tertiary/aromatic N) is 2. The molecule has 0 atom stereocenters. The molecule has 1 saturated carbocycles. The van der Waals surface area contributed by atoms with Gasteiger partial charge in [0.25, 0.3) is 5.91 Å². The summed E-state index contributed by atoms with van der Waals surface area (Å²) in [7, 11) is 0. The van der Waals surface area contributed by atoms with E-state index in [2.05, 4.69) is 4.98 Å². The van der Waals surface area contributed by atoms with Crippen LogP contribution in [0.2, 0.25) is 5.02 Å². The van der Waals surface area contributed by atoms with Gasteiger partial charge in [-0.25, -0.2) is 0 Å². The number of aromatic nitrogens is 1. The molecule has 4 nitrogen and oxygen atoms in total. The molecule has 3 rings (SSSR count). The Morgan fingerprint density at radius 1 is 1.27 bits per heavy atom. The van der Waals surface area contributed by atoms with Crippen LogP contribution in [0.25, 0.3) is 0 Å². The number of carbonyl (C=O) groups excluding carboxylic acids is 1. The molecule has 0 aliphatic heterocycles. The lowest BCUT2D eigenvalue weighted by atomic mass is 10.1. The minimum Gasteiger partial charge on any atom is -0.331 e. The Kier molecular flexibility index (Phi) is 4.41. The molecular formula is C17H18ClN3O. The fourth-order valence-electron chi connectivity index (χ4n) is 2.43. The highest BCUT2D eigenvalue weighted by molar-refractivity contribution is 6.30. The third kappa shape index (κ3) is 3.46. The van der Waals surface area contributed by atoms with E-state index >= 15 is 0 Å². The number of nitrogens with two attached hydrogens (primary N) is 1. The van der Waals surface area contributed by atoms with E-state index in [1.54, 1.807) is 18.3 Å². The molecule has 1 fully saturated rings. The number of amides is 1. The number of hydrogen-bond acceptors (Lipinski definition) is 3.